The van der Waals surface area contributed by atoms with E-state index < -0.39 is 11.8 Å². The molecular formula is C21H17N9O2. The molecule has 5 rings (SSSR count). The number of pyridine rings is 3. The number of nitrogens with zero attached hydrogens (tertiary/aromatic N) is 7. The Kier molecular flexibility index (Phi) is 4.96. The molecule has 2 N–H and O–H groups in total. The van der Waals surface area contributed by atoms with Crippen LogP contribution in [0.5, 0.6) is 0 Å². The average molecular weight is 427 g/mol. The van der Waals surface area contributed by atoms with E-state index in [2.05, 4.69) is 36.0 Å². The molecule has 0 atom stereocenters. The highest BCUT2D eigenvalue weighted by Crippen LogP contribution is 2.05. The van der Waals surface area contributed by atoms with Crippen LogP contribution in [-0.4, -0.2) is 46.0 Å². The van der Waals surface area contributed by atoms with Gasteiger partial charge in [0.15, 0.2) is 22.9 Å². The Balaban J connectivity index is 1.24. The van der Waals surface area contributed by atoms with E-state index in [1.165, 1.54) is 0 Å². The molecular weight excluding hydrogens is 410 g/mol. The number of hydrogen-bond donors (Lipinski definition) is 2. The first-order valence-corrected chi connectivity index (χ1v) is 9.80. The third kappa shape index (κ3) is 3.74. The molecule has 0 bridgehead atoms. The summed E-state index contributed by atoms with van der Waals surface area (Å²) in [4.78, 5) is 29.3. The molecule has 32 heavy (non-hydrogen) atoms. The van der Waals surface area contributed by atoms with E-state index in [-0.39, 0.29) is 24.5 Å². The van der Waals surface area contributed by atoms with Gasteiger partial charge in [0.05, 0.1) is 13.1 Å². The molecule has 0 aliphatic carbocycles. The zero-order chi connectivity index (χ0) is 21.9. The molecule has 158 valence electrons. The summed E-state index contributed by atoms with van der Waals surface area (Å²) in [6.07, 6.45) is 3.64. The van der Waals surface area contributed by atoms with Crippen molar-refractivity contribution in [2.75, 3.05) is 0 Å². The van der Waals surface area contributed by atoms with Crippen LogP contribution in [0.25, 0.3) is 11.3 Å². The van der Waals surface area contributed by atoms with Crippen LogP contribution in [0.15, 0.2) is 67.0 Å². The van der Waals surface area contributed by atoms with E-state index in [1.54, 1.807) is 27.0 Å². The first kappa shape index (κ1) is 19.3. The molecule has 0 spiro atoms. The molecule has 0 fully saturated rings. The second-order valence-corrected chi connectivity index (χ2v) is 6.86. The van der Waals surface area contributed by atoms with Crippen molar-refractivity contribution < 1.29 is 9.59 Å². The normalized spacial score (nSPS) is 11.0. The fourth-order valence-electron chi connectivity index (χ4n) is 3.21. The second-order valence-electron chi connectivity index (χ2n) is 6.86. The lowest BCUT2D eigenvalue weighted by Gasteiger charge is -2.07. The summed E-state index contributed by atoms with van der Waals surface area (Å²) in [5, 5.41) is 21.8. The van der Waals surface area contributed by atoms with Gasteiger partial charge in [-0.15, -0.1) is 20.4 Å². The van der Waals surface area contributed by atoms with Crippen LogP contribution in [0, 0.1) is 0 Å². The third-order valence-corrected chi connectivity index (χ3v) is 4.80. The van der Waals surface area contributed by atoms with E-state index in [4.69, 9.17) is 0 Å². The molecule has 11 heteroatoms. The number of rotatable bonds is 6. The van der Waals surface area contributed by atoms with Crippen molar-refractivity contribution in [1.29, 1.82) is 0 Å². The summed E-state index contributed by atoms with van der Waals surface area (Å²) >= 11 is 0. The lowest BCUT2D eigenvalue weighted by molar-refractivity contribution is 0.0940. The van der Waals surface area contributed by atoms with Gasteiger partial charge < -0.3 is 10.6 Å². The SMILES string of the molecule is O=C(NCc1nnc2ccccn12)c1cccc(C(=O)NCc2nnc3ccccn23)n1. The maximum Gasteiger partial charge on any atom is 0.270 e. The van der Waals surface area contributed by atoms with Crippen molar-refractivity contribution in [3.05, 3.63) is 90.0 Å². The summed E-state index contributed by atoms with van der Waals surface area (Å²) < 4.78 is 3.57. The highest BCUT2D eigenvalue weighted by Gasteiger charge is 2.14. The van der Waals surface area contributed by atoms with Gasteiger partial charge in [0.2, 0.25) is 0 Å². The van der Waals surface area contributed by atoms with Crippen LogP contribution in [0.3, 0.4) is 0 Å². The molecule has 0 saturated carbocycles. The number of carbonyl (C=O) groups excluding carboxylic acids is 2. The summed E-state index contributed by atoms with van der Waals surface area (Å²) in [5.74, 6) is 0.332. The number of carbonyl (C=O) groups is 2. The van der Waals surface area contributed by atoms with Crippen LogP contribution in [0.4, 0.5) is 0 Å². The summed E-state index contributed by atoms with van der Waals surface area (Å²) in [6, 6.07) is 15.8. The van der Waals surface area contributed by atoms with Crippen LogP contribution < -0.4 is 10.6 Å². The molecule has 0 unspecified atom stereocenters. The Bertz CT molecular complexity index is 1330. The Hall–Kier alpha value is -4.67. The van der Waals surface area contributed by atoms with Gasteiger partial charge in [0, 0.05) is 12.4 Å². The van der Waals surface area contributed by atoms with Crippen LogP contribution in [-0.2, 0) is 13.1 Å². The van der Waals surface area contributed by atoms with Crippen molar-refractivity contribution in [1.82, 2.24) is 44.8 Å². The van der Waals surface area contributed by atoms with E-state index >= 15 is 0 Å². The summed E-state index contributed by atoms with van der Waals surface area (Å²) in [6.45, 7) is 0.337. The molecule has 0 saturated heterocycles. The smallest absolute Gasteiger partial charge is 0.270 e. The van der Waals surface area contributed by atoms with Crippen LogP contribution in [0.2, 0.25) is 0 Å². The Morgan fingerprint density at radius 1 is 0.656 bits per heavy atom. The molecule has 5 heterocycles. The summed E-state index contributed by atoms with van der Waals surface area (Å²) in [5.41, 5.74) is 1.63. The maximum absolute atomic E-state index is 12.6. The fraction of sp³-hybridized carbons (Fsp3) is 0.0952. The minimum atomic E-state index is -0.421. The molecule has 5 aromatic heterocycles. The molecule has 0 radical (unpaired) electrons. The van der Waals surface area contributed by atoms with Gasteiger partial charge in [-0.1, -0.05) is 18.2 Å². The first-order chi connectivity index (χ1) is 15.7. The van der Waals surface area contributed by atoms with Crippen LogP contribution >= 0.6 is 0 Å². The highest BCUT2D eigenvalue weighted by atomic mass is 16.2. The van der Waals surface area contributed by atoms with Gasteiger partial charge in [-0.05, 0) is 36.4 Å². The van der Waals surface area contributed by atoms with Crippen molar-refractivity contribution in [2.24, 2.45) is 0 Å². The molecule has 0 aliphatic rings. The van der Waals surface area contributed by atoms with Gasteiger partial charge in [-0.25, -0.2) is 4.98 Å². The number of nitrogens with one attached hydrogen (secondary N) is 2. The zero-order valence-electron chi connectivity index (χ0n) is 16.7. The minimum Gasteiger partial charge on any atom is -0.343 e. The van der Waals surface area contributed by atoms with Crippen molar-refractivity contribution in [2.45, 2.75) is 13.1 Å². The van der Waals surface area contributed by atoms with Gasteiger partial charge in [-0.2, -0.15) is 0 Å². The average Bonchev–Trinajstić information content (AvgIpc) is 3.45. The number of aromatic nitrogens is 7. The van der Waals surface area contributed by atoms with Crippen molar-refractivity contribution >= 4 is 23.1 Å². The van der Waals surface area contributed by atoms with Crippen molar-refractivity contribution in [3.63, 3.8) is 0 Å². The molecule has 5 aromatic rings. The quantitative estimate of drug-likeness (QED) is 0.414. The first-order valence-electron chi connectivity index (χ1n) is 9.80. The highest BCUT2D eigenvalue weighted by molar-refractivity contribution is 5.96. The minimum absolute atomic E-state index is 0.124. The van der Waals surface area contributed by atoms with E-state index in [1.807, 2.05) is 48.8 Å². The lowest BCUT2D eigenvalue weighted by Crippen LogP contribution is -2.28. The fourth-order valence-corrected chi connectivity index (χ4v) is 3.21. The van der Waals surface area contributed by atoms with Gasteiger partial charge >= 0.3 is 0 Å². The van der Waals surface area contributed by atoms with E-state index in [0.717, 1.165) is 0 Å². The number of amides is 2. The largest absolute Gasteiger partial charge is 0.343 e. The second kappa shape index (κ2) is 8.22. The van der Waals surface area contributed by atoms with Gasteiger partial charge in [0.1, 0.15) is 11.4 Å². The zero-order valence-corrected chi connectivity index (χ0v) is 16.7. The van der Waals surface area contributed by atoms with Crippen LogP contribution in [0.1, 0.15) is 32.6 Å². The Morgan fingerprint density at radius 3 is 1.66 bits per heavy atom. The Labute approximate surface area is 181 Å². The predicted octanol–water partition coefficient (Wildman–Crippen LogP) is 1.03. The lowest BCUT2D eigenvalue weighted by atomic mass is 10.2. The van der Waals surface area contributed by atoms with E-state index in [9.17, 15) is 9.59 Å². The van der Waals surface area contributed by atoms with E-state index in [0.29, 0.717) is 22.9 Å². The maximum atomic E-state index is 12.6. The molecule has 11 nitrogen and oxygen atoms in total. The molecule has 0 aromatic carbocycles. The monoisotopic (exact) mass is 427 g/mol. The third-order valence-electron chi connectivity index (χ3n) is 4.80. The topological polar surface area (TPSA) is 131 Å². The van der Waals surface area contributed by atoms with Gasteiger partial charge in [-0.3, -0.25) is 18.4 Å². The summed E-state index contributed by atoms with van der Waals surface area (Å²) in [7, 11) is 0. The predicted molar refractivity (Wildman–Crippen MR) is 113 cm³/mol. The molecule has 2 amide bonds. The standard InChI is InChI=1S/C21H17N9O2/c31-20(22-12-18-27-25-16-8-1-3-10-29(16)18)14-6-5-7-15(24-14)21(32)23-13-19-28-26-17-9-2-4-11-30(17)19/h1-11H,12-13H2,(H,22,31)(H,23,32). The van der Waals surface area contributed by atoms with Crippen molar-refractivity contribution in [3.8, 4) is 0 Å². The number of fused-ring (bicyclic) bond motifs is 2. The number of hydrogen-bond acceptors (Lipinski definition) is 7. The molecule has 0 aliphatic heterocycles. The Morgan fingerprint density at radius 2 is 1.16 bits per heavy atom. The van der Waals surface area contributed by atoms with Gasteiger partial charge in [0.25, 0.3) is 11.8 Å².